The molecule has 1 aromatic rings. The van der Waals surface area contributed by atoms with Gasteiger partial charge in [-0.1, -0.05) is 0 Å². The van der Waals surface area contributed by atoms with Gasteiger partial charge in [-0.05, 0) is 19.9 Å². The Morgan fingerprint density at radius 1 is 1.29 bits per heavy atom. The second kappa shape index (κ2) is 4.50. The summed E-state index contributed by atoms with van der Waals surface area (Å²) in [5.41, 5.74) is -1.04. The first kappa shape index (κ1) is 13.1. The zero-order chi connectivity index (χ0) is 13.2. The molecule has 0 amide bonds. The van der Waals surface area contributed by atoms with E-state index in [4.69, 9.17) is 14.9 Å². The number of hydrogen-bond acceptors (Lipinski definition) is 4. The van der Waals surface area contributed by atoms with Crippen LogP contribution in [0.25, 0.3) is 0 Å². The van der Waals surface area contributed by atoms with Crippen LogP contribution in [0.5, 0.6) is 0 Å². The molecule has 0 fully saturated rings. The van der Waals surface area contributed by atoms with E-state index in [0.29, 0.717) is 0 Å². The van der Waals surface area contributed by atoms with Gasteiger partial charge in [0, 0.05) is 13.3 Å². The Morgan fingerprint density at radius 2 is 1.88 bits per heavy atom. The lowest BCUT2D eigenvalue weighted by Gasteiger charge is -2.23. The summed E-state index contributed by atoms with van der Waals surface area (Å²) in [7, 11) is 1.43. The van der Waals surface area contributed by atoms with Gasteiger partial charge in [-0.2, -0.15) is 0 Å². The van der Waals surface area contributed by atoms with Gasteiger partial charge < -0.3 is 14.9 Å². The van der Waals surface area contributed by atoms with Gasteiger partial charge in [0.25, 0.3) is 0 Å². The van der Waals surface area contributed by atoms with E-state index < -0.39 is 17.5 Å². The van der Waals surface area contributed by atoms with Gasteiger partial charge in [0.1, 0.15) is 5.60 Å². The second-order valence-electron chi connectivity index (χ2n) is 3.94. The molecule has 0 aromatic carbocycles. The van der Waals surface area contributed by atoms with E-state index in [0.717, 1.165) is 12.3 Å². The fraction of sp³-hybridized carbons (Fsp3) is 0.364. The van der Waals surface area contributed by atoms with Crippen molar-refractivity contribution in [1.29, 1.82) is 0 Å². The van der Waals surface area contributed by atoms with Gasteiger partial charge in [0.05, 0.1) is 16.8 Å². The van der Waals surface area contributed by atoms with Crippen LogP contribution in [-0.4, -0.2) is 34.2 Å². The smallest absolute Gasteiger partial charge is 0.337 e. The zero-order valence-corrected chi connectivity index (χ0v) is 9.72. The molecule has 0 atom stereocenters. The lowest BCUT2D eigenvalue weighted by molar-refractivity contribution is 0.0137. The maximum absolute atomic E-state index is 11.1. The molecule has 0 unspecified atom stereocenters. The van der Waals surface area contributed by atoms with Gasteiger partial charge >= 0.3 is 11.9 Å². The Kier molecular flexibility index (Phi) is 3.47. The molecule has 0 spiro atoms. The van der Waals surface area contributed by atoms with Crippen molar-refractivity contribution >= 4 is 11.9 Å². The molecule has 0 radical (unpaired) electrons. The number of pyridine rings is 1. The molecule has 6 heteroatoms. The van der Waals surface area contributed by atoms with E-state index in [1.165, 1.54) is 7.11 Å². The SMILES string of the molecule is COC(C)(C)c1ncc(C(=O)O)cc1C(=O)O. The summed E-state index contributed by atoms with van der Waals surface area (Å²) in [5, 5.41) is 17.8. The average molecular weight is 239 g/mol. The predicted octanol–water partition coefficient (Wildman–Crippen LogP) is 1.36. The minimum atomic E-state index is -1.24. The van der Waals surface area contributed by atoms with E-state index in [1.54, 1.807) is 13.8 Å². The third kappa shape index (κ3) is 2.59. The maximum Gasteiger partial charge on any atom is 0.337 e. The van der Waals surface area contributed by atoms with E-state index in [9.17, 15) is 9.59 Å². The number of carbonyl (C=O) groups is 2. The second-order valence-corrected chi connectivity index (χ2v) is 3.94. The Labute approximate surface area is 97.9 Å². The van der Waals surface area contributed by atoms with Crippen LogP contribution >= 0.6 is 0 Å². The molecule has 1 aromatic heterocycles. The molecule has 2 N–H and O–H groups in total. The standard InChI is InChI=1S/C11H13NO5/c1-11(2,17-3)8-7(10(15)16)4-6(5-12-8)9(13)14/h4-5H,1-3H3,(H,13,14)(H,15,16). The first-order valence-corrected chi connectivity index (χ1v) is 4.82. The Bertz CT molecular complexity index is 467. The summed E-state index contributed by atoms with van der Waals surface area (Å²) in [6, 6.07) is 1.08. The van der Waals surface area contributed by atoms with Crippen LogP contribution < -0.4 is 0 Å². The van der Waals surface area contributed by atoms with Crippen LogP contribution in [0.3, 0.4) is 0 Å². The first-order chi connectivity index (χ1) is 7.79. The van der Waals surface area contributed by atoms with Gasteiger partial charge in [0.2, 0.25) is 0 Å². The van der Waals surface area contributed by atoms with Gasteiger partial charge in [0.15, 0.2) is 0 Å². The third-order valence-corrected chi connectivity index (χ3v) is 2.45. The van der Waals surface area contributed by atoms with E-state index >= 15 is 0 Å². The Balaban J connectivity index is 3.42. The first-order valence-electron chi connectivity index (χ1n) is 4.82. The Hall–Kier alpha value is -1.95. The van der Waals surface area contributed by atoms with Crippen molar-refractivity contribution in [2.45, 2.75) is 19.4 Å². The molecule has 0 aliphatic heterocycles. The molecular formula is C11H13NO5. The normalized spacial score (nSPS) is 11.2. The van der Waals surface area contributed by atoms with Crippen LogP contribution in [0.4, 0.5) is 0 Å². The molecule has 1 rings (SSSR count). The van der Waals surface area contributed by atoms with Crippen LogP contribution in [-0.2, 0) is 10.3 Å². The molecule has 0 saturated carbocycles. The fourth-order valence-electron chi connectivity index (χ4n) is 1.32. The number of methoxy groups -OCH3 is 1. The fourth-order valence-corrected chi connectivity index (χ4v) is 1.32. The van der Waals surface area contributed by atoms with E-state index in [2.05, 4.69) is 4.98 Å². The van der Waals surface area contributed by atoms with Crippen molar-refractivity contribution in [2.24, 2.45) is 0 Å². The summed E-state index contributed by atoms with van der Waals surface area (Å²) in [6.45, 7) is 3.31. The number of aromatic carboxylic acids is 2. The summed E-state index contributed by atoms with van der Waals surface area (Å²) in [4.78, 5) is 25.7. The predicted molar refractivity (Wildman–Crippen MR) is 58.2 cm³/mol. The Morgan fingerprint density at radius 3 is 2.29 bits per heavy atom. The van der Waals surface area contributed by atoms with E-state index in [1.807, 2.05) is 0 Å². The van der Waals surface area contributed by atoms with Crippen LogP contribution in [0.2, 0.25) is 0 Å². The molecule has 0 aliphatic carbocycles. The van der Waals surface area contributed by atoms with Crippen molar-refractivity contribution < 1.29 is 24.5 Å². The van der Waals surface area contributed by atoms with Crippen molar-refractivity contribution in [2.75, 3.05) is 7.11 Å². The van der Waals surface area contributed by atoms with Crippen molar-refractivity contribution in [3.63, 3.8) is 0 Å². The highest BCUT2D eigenvalue weighted by Crippen LogP contribution is 2.25. The highest BCUT2D eigenvalue weighted by Gasteiger charge is 2.28. The highest BCUT2D eigenvalue weighted by molar-refractivity contribution is 5.94. The molecule has 6 nitrogen and oxygen atoms in total. The molecular weight excluding hydrogens is 226 g/mol. The third-order valence-electron chi connectivity index (χ3n) is 2.45. The molecule has 92 valence electrons. The van der Waals surface area contributed by atoms with Crippen LogP contribution in [0.1, 0.15) is 40.3 Å². The number of carboxylic acids is 2. The highest BCUT2D eigenvalue weighted by atomic mass is 16.5. The minimum Gasteiger partial charge on any atom is -0.478 e. The summed E-state index contributed by atoms with van der Waals surface area (Å²) in [5.74, 6) is -2.46. The van der Waals surface area contributed by atoms with Gasteiger partial charge in [-0.15, -0.1) is 0 Å². The number of rotatable bonds is 4. The zero-order valence-electron chi connectivity index (χ0n) is 9.72. The molecule has 0 saturated heterocycles. The van der Waals surface area contributed by atoms with Crippen LogP contribution in [0, 0.1) is 0 Å². The quantitative estimate of drug-likeness (QED) is 0.823. The lowest BCUT2D eigenvalue weighted by atomic mass is 9.98. The topological polar surface area (TPSA) is 96.7 Å². The summed E-state index contributed by atoms with van der Waals surface area (Å²) < 4.78 is 5.14. The molecule has 0 aliphatic rings. The average Bonchev–Trinajstić information content (AvgIpc) is 2.28. The summed E-state index contributed by atoms with van der Waals surface area (Å²) in [6.07, 6.45) is 1.12. The minimum absolute atomic E-state index is 0.168. The van der Waals surface area contributed by atoms with E-state index in [-0.39, 0.29) is 16.8 Å². The molecule has 17 heavy (non-hydrogen) atoms. The largest absolute Gasteiger partial charge is 0.478 e. The van der Waals surface area contributed by atoms with Crippen LogP contribution in [0.15, 0.2) is 12.3 Å². The monoisotopic (exact) mass is 239 g/mol. The number of carboxylic acid groups (broad SMARTS) is 2. The number of nitrogens with zero attached hydrogens (tertiary/aromatic N) is 1. The summed E-state index contributed by atoms with van der Waals surface area (Å²) >= 11 is 0. The lowest BCUT2D eigenvalue weighted by Crippen LogP contribution is -2.25. The number of ether oxygens (including phenoxy) is 1. The number of aromatic nitrogens is 1. The van der Waals surface area contributed by atoms with Crippen molar-refractivity contribution in [1.82, 2.24) is 4.98 Å². The molecule has 1 heterocycles. The molecule has 0 bridgehead atoms. The maximum atomic E-state index is 11.1. The van der Waals surface area contributed by atoms with Crippen molar-refractivity contribution in [3.05, 3.63) is 29.1 Å². The number of hydrogen-bond donors (Lipinski definition) is 2. The van der Waals surface area contributed by atoms with Crippen molar-refractivity contribution in [3.8, 4) is 0 Å². The van der Waals surface area contributed by atoms with Gasteiger partial charge in [-0.3, -0.25) is 4.98 Å². The van der Waals surface area contributed by atoms with Gasteiger partial charge in [-0.25, -0.2) is 9.59 Å².